The van der Waals surface area contributed by atoms with Gasteiger partial charge in [0, 0.05) is 48.3 Å². The van der Waals surface area contributed by atoms with Crippen molar-refractivity contribution in [1.82, 2.24) is 19.2 Å². The zero-order valence-electron chi connectivity index (χ0n) is 19.7. The van der Waals surface area contributed by atoms with Gasteiger partial charge in [0.05, 0.1) is 12.5 Å². The Labute approximate surface area is 199 Å². The topological polar surface area (TPSA) is 95.5 Å². The molecule has 0 unspecified atom stereocenters. The summed E-state index contributed by atoms with van der Waals surface area (Å²) in [7, 11) is -3.20. The number of rotatable bonds is 5. The number of sulfonamides is 1. The Bertz CT molecular complexity index is 1240. The maximum absolute atomic E-state index is 14.8. The third-order valence-corrected chi connectivity index (χ3v) is 8.37. The quantitative estimate of drug-likeness (QED) is 0.697. The summed E-state index contributed by atoms with van der Waals surface area (Å²) in [5.74, 6) is -0.173. The summed E-state index contributed by atoms with van der Waals surface area (Å²) in [5, 5.41) is 3.23. The van der Waals surface area contributed by atoms with Gasteiger partial charge in [-0.25, -0.2) is 27.1 Å². The van der Waals surface area contributed by atoms with Crippen molar-refractivity contribution >= 4 is 21.9 Å². The number of benzene rings is 1. The van der Waals surface area contributed by atoms with Crippen molar-refractivity contribution in [2.45, 2.75) is 57.0 Å². The number of carbonyl (C=O) groups is 1. The first-order valence-electron chi connectivity index (χ1n) is 11.7. The molecule has 34 heavy (non-hydrogen) atoms. The predicted molar refractivity (Wildman–Crippen MR) is 128 cm³/mol. The average molecular weight is 488 g/mol. The SMILES string of the molecule is CC1(C)CN(C2CC2)C(=O)c2ccc(-c3nc(NC4CCN(S(C)(=O)=O)CC4)ncc3F)cc21. The fourth-order valence-corrected chi connectivity index (χ4v) is 5.88. The number of anilines is 1. The predicted octanol–water partition coefficient (Wildman–Crippen LogP) is 3.01. The van der Waals surface area contributed by atoms with Gasteiger partial charge in [0.2, 0.25) is 16.0 Å². The number of hydrogen-bond acceptors (Lipinski definition) is 6. The van der Waals surface area contributed by atoms with E-state index in [1.165, 1.54) is 10.6 Å². The molecule has 2 fully saturated rings. The zero-order chi connectivity index (χ0) is 24.3. The van der Waals surface area contributed by atoms with Crippen molar-refractivity contribution < 1.29 is 17.6 Å². The molecule has 0 bridgehead atoms. The normalized spacial score (nSPS) is 21.4. The van der Waals surface area contributed by atoms with Crippen molar-refractivity contribution in [3.05, 3.63) is 41.3 Å². The van der Waals surface area contributed by atoms with Crippen LogP contribution in [0.15, 0.2) is 24.4 Å². The lowest BCUT2D eigenvalue weighted by Gasteiger charge is -2.40. The molecule has 1 saturated heterocycles. The van der Waals surface area contributed by atoms with Crippen molar-refractivity contribution in [1.29, 1.82) is 0 Å². The maximum Gasteiger partial charge on any atom is 0.254 e. The fraction of sp³-hybridized carbons (Fsp3) is 0.542. The van der Waals surface area contributed by atoms with E-state index < -0.39 is 15.8 Å². The second-order valence-corrected chi connectivity index (χ2v) is 12.3. The maximum atomic E-state index is 14.8. The van der Waals surface area contributed by atoms with Gasteiger partial charge in [-0.05, 0) is 43.4 Å². The molecule has 3 heterocycles. The van der Waals surface area contributed by atoms with Gasteiger partial charge in [0.1, 0.15) is 5.69 Å². The molecule has 2 aromatic rings. The van der Waals surface area contributed by atoms with Gasteiger partial charge in [0.15, 0.2) is 5.82 Å². The molecule has 3 aliphatic rings. The van der Waals surface area contributed by atoms with E-state index in [4.69, 9.17) is 0 Å². The second kappa shape index (κ2) is 8.27. The van der Waals surface area contributed by atoms with E-state index in [0.717, 1.165) is 24.6 Å². The number of amides is 1. The van der Waals surface area contributed by atoms with Crippen molar-refractivity contribution in [3.8, 4) is 11.3 Å². The van der Waals surface area contributed by atoms with E-state index in [1.807, 2.05) is 11.0 Å². The smallest absolute Gasteiger partial charge is 0.254 e. The summed E-state index contributed by atoms with van der Waals surface area (Å²) in [5.41, 5.74) is 2.13. The Kier molecular flexibility index (Phi) is 5.63. The summed E-state index contributed by atoms with van der Waals surface area (Å²) in [4.78, 5) is 23.6. The number of hydrogen-bond donors (Lipinski definition) is 1. The fourth-order valence-electron chi connectivity index (χ4n) is 5.01. The minimum Gasteiger partial charge on any atom is -0.351 e. The number of fused-ring (bicyclic) bond motifs is 1. The van der Waals surface area contributed by atoms with Crippen molar-refractivity contribution in [2.24, 2.45) is 0 Å². The molecule has 182 valence electrons. The van der Waals surface area contributed by atoms with Gasteiger partial charge in [0.25, 0.3) is 5.91 Å². The summed E-state index contributed by atoms with van der Waals surface area (Å²) in [6, 6.07) is 5.78. The summed E-state index contributed by atoms with van der Waals surface area (Å²) < 4.78 is 39.7. The molecular formula is C24H30FN5O3S. The molecule has 5 rings (SSSR count). The third-order valence-electron chi connectivity index (χ3n) is 7.07. The number of carbonyl (C=O) groups excluding carboxylic acids is 1. The Hall–Kier alpha value is -2.59. The molecule has 1 amide bonds. The van der Waals surface area contributed by atoms with Crippen LogP contribution in [0, 0.1) is 5.82 Å². The van der Waals surface area contributed by atoms with Gasteiger partial charge in [-0.3, -0.25) is 4.79 Å². The standard InChI is InChI=1S/C24H30FN5O3S/c1-24(2)14-30(17-5-6-17)22(31)18-7-4-15(12-19(18)24)21-20(25)13-26-23(28-21)27-16-8-10-29(11-9-16)34(3,32)33/h4,7,12-13,16-17H,5-6,8-11,14H2,1-3H3,(H,26,27,28). The lowest BCUT2D eigenvalue weighted by atomic mass is 9.77. The molecule has 2 aliphatic heterocycles. The molecule has 1 aromatic carbocycles. The minimum absolute atomic E-state index is 0.00445. The van der Waals surface area contributed by atoms with Crippen LogP contribution in [-0.4, -0.2) is 71.5 Å². The largest absolute Gasteiger partial charge is 0.351 e. The number of nitrogens with one attached hydrogen (secondary N) is 1. The Morgan fingerprint density at radius 2 is 1.85 bits per heavy atom. The molecule has 0 spiro atoms. The molecule has 0 radical (unpaired) electrons. The minimum atomic E-state index is -3.20. The first-order valence-corrected chi connectivity index (χ1v) is 13.6. The van der Waals surface area contributed by atoms with E-state index in [1.54, 1.807) is 12.1 Å². The van der Waals surface area contributed by atoms with Crippen LogP contribution in [0.1, 0.15) is 55.5 Å². The van der Waals surface area contributed by atoms with Gasteiger partial charge in [-0.15, -0.1) is 0 Å². The lowest BCUT2D eigenvalue weighted by molar-refractivity contribution is 0.0673. The molecule has 8 nitrogen and oxygen atoms in total. The molecule has 1 aromatic heterocycles. The molecule has 1 aliphatic carbocycles. The zero-order valence-corrected chi connectivity index (χ0v) is 20.5. The van der Waals surface area contributed by atoms with Crippen molar-refractivity contribution in [2.75, 3.05) is 31.2 Å². The Balaban J connectivity index is 1.39. The van der Waals surface area contributed by atoms with Crippen LogP contribution in [0.4, 0.5) is 10.3 Å². The van der Waals surface area contributed by atoms with Gasteiger partial charge in [-0.1, -0.05) is 19.9 Å². The van der Waals surface area contributed by atoms with E-state index in [9.17, 15) is 17.6 Å². The first-order chi connectivity index (χ1) is 16.0. The Morgan fingerprint density at radius 1 is 1.15 bits per heavy atom. The van der Waals surface area contributed by atoms with Crippen LogP contribution in [0.2, 0.25) is 0 Å². The van der Waals surface area contributed by atoms with Crippen molar-refractivity contribution in [3.63, 3.8) is 0 Å². The monoisotopic (exact) mass is 487 g/mol. The number of nitrogens with zero attached hydrogens (tertiary/aromatic N) is 4. The third kappa shape index (κ3) is 4.40. The van der Waals surface area contributed by atoms with Crippen LogP contribution < -0.4 is 5.32 Å². The number of halogens is 1. The molecule has 10 heteroatoms. The highest BCUT2D eigenvalue weighted by Crippen LogP contribution is 2.40. The number of piperidine rings is 1. The highest BCUT2D eigenvalue weighted by atomic mass is 32.2. The molecule has 1 N–H and O–H groups in total. The van der Waals surface area contributed by atoms with Crippen LogP contribution >= 0.6 is 0 Å². The van der Waals surface area contributed by atoms with Crippen LogP contribution in [-0.2, 0) is 15.4 Å². The van der Waals surface area contributed by atoms with E-state index >= 15 is 0 Å². The van der Waals surface area contributed by atoms with Crippen LogP contribution in [0.3, 0.4) is 0 Å². The molecular weight excluding hydrogens is 457 g/mol. The summed E-state index contributed by atoms with van der Waals surface area (Å²) in [6.45, 7) is 5.73. The number of aromatic nitrogens is 2. The average Bonchev–Trinajstić information content (AvgIpc) is 3.62. The lowest BCUT2D eigenvalue weighted by Crippen LogP contribution is -2.47. The first kappa shape index (κ1) is 23.2. The Morgan fingerprint density at radius 3 is 2.50 bits per heavy atom. The van der Waals surface area contributed by atoms with E-state index in [2.05, 4.69) is 29.1 Å². The van der Waals surface area contributed by atoms with E-state index in [-0.39, 0.29) is 23.1 Å². The molecule has 0 atom stereocenters. The second-order valence-electron chi connectivity index (χ2n) is 10.3. The van der Waals surface area contributed by atoms with Gasteiger partial charge in [-0.2, -0.15) is 0 Å². The van der Waals surface area contributed by atoms with Gasteiger partial charge < -0.3 is 10.2 Å². The van der Waals surface area contributed by atoms with E-state index in [0.29, 0.717) is 55.6 Å². The van der Waals surface area contributed by atoms with Crippen LogP contribution in [0.5, 0.6) is 0 Å². The summed E-state index contributed by atoms with van der Waals surface area (Å²) in [6.07, 6.45) is 5.73. The highest BCUT2D eigenvalue weighted by Gasteiger charge is 2.42. The highest BCUT2D eigenvalue weighted by molar-refractivity contribution is 7.88. The van der Waals surface area contributed by atoms with Gasteiger partial charge >= 0.3 is 0 Å². The van der Waals surface area contributed by atoms with Crippen LogP contribution in [0.25, 0.3) is 11.3 Å². The summed E-state index contributed by atoms with van der Waals surface area (Å²) >= 11 is 0. The molecule has 1 saturated carbocycles.